The van der Waals surface area contributed by atoms with Gasteiger partial charge in [0.15, 0.2) is 0 Å². The van der Waals surface area contributed by atoms with Gasteiger partial charge in [-0.05, 0) is 83.0 Å². The molecule has 10 heteroatoms. The fraction of sp³-hybridized carbons (Fsp3) is 0.907. The minimum atomic E-state index is -0.901. The van der Waals surface area contributed by atoms with Crippen molar-refractivity contribution in [1.82, 2.24) is 5.32 Å². The zero-order valence-electron chi connectivity index (χ0n) is 42.8. The van der Waals surface area contributed by atoms with Gasteiger partial charge in [0.25, 0.3) is 6.47 Å². The van der Waals surface area contributed by atoms with Crippen molar-refractivity contribution in [3.8, 4) is 0 Å². The van der Waals surface area contributed by atoms with E-state index in [1.165, 1.54) is 128 Å². The van der Waals surface area contributed by atoms with Crippen molar-refractivity contribution in [1.29, 1.82) is 0 Å². The van der Waals surface area contributed by atoms with Crippen LogP contribution in [0.15, 0.2) is 0 Å². The lowest BCUT2D eigenvalue weighted by Gasteiger charge is -2.17. The molecule has 1 N–H and O–H groups in total. The molecule has 0 spiro atoms. The van der Waals surface area contributed by atoms with Crippen molar-refractivity contribution in [2.24, 2.45) is 11.8 Å². The zero-order valence-corrected chi connectivity index (χ0v) is 42.8. The van der Waals surface area contributed by atoms with Crippen LogP contribution in [0.1, 0.15) is 273 Å². The lowest BCUT2D eigenvalue weighted by Crippen LogP contribution is -2.42. The molecule has 0 heterocycles. The van der Waals surface area contributed by atoms with E-state index in [4.69, 9.17) is 14.2 Å². The lowest BCUT2D eigenvalue weighted by atomic mass is 9.94. The van der Waals surface area contributed by atoms with Crippen molar-refractivity contribution in [3.63, 3.8) is 0 Å². The predicted octanol–water partition coefficient (Wildman–Crippen LogP) is 14.7. The molecule has 0 saturated carbocycles. The van der Waals surface area contributed by atoms with E-state index in [2.05, 4.69) is 44.7 Å². The van der Waals surface area contributed by atoms with Crippen LogP contribution in [0.25, 0.3) is 0 Å². The van der Waals surface area contributed by atoms with E-state index in [9.17, 15) is 24.0 Å². The van der Waals surface area contributed by atoms with E-state index in [0.29, 0.717) is 38.9 Å². The molecule has 10 nitrogen and oxygen atoms in total. The van der Waals surface area contributed by atoms with Gasteiger partial charge >= 0.3 is 17.9 Å². The molecule has 0 aromatic rings. The Labute approximate surface area is 394 Å². The number of hydrogen-bond donors (Lipinski definition) is 1. The highest BCUT2D eigenvalue weighted by molar-refractivity contribution is 5.85. The molecule has 378 valence electrons. The average Bonchev–Trinajstić information content (AvgIpc) is 3.28. The maximum Gasteiger partial charge on any atom is 0.328 e. The smallest absolute Gasteiger partial charge is 0.328 e. The van der Waals surface area contributed by atoms with Gasteiger partial charge in [-0.2, -0.15) is 0 Å². The molecule has 0 bridgehead atoms. The summed E-state index contributed by atoms with van der Waals surface area (Å²) in [5.41, 5.74) is 0. The van der Waals surface area contributed by atoms with Crippen molar-refractivity contribution < 1.29 is 42.9 Å². The number of rotatable bonds is 47. The second-order valence-corrected chi connectivity index (χ2v) is 18.4. The lowest BCUT2D eigenvalue weighted by molar-refractivity contribution is -0.150. The van der Waals surface area contributed by atoms with Gasteiger partial charge in [0.05, 0.1) is 32.3 Å². The number of unbranched alkanes of at least 4 members (excludes halogenated alkanes) is 22. The number of nitrogens with one attached hydrogen (secondary N) is 1. The van der Waals surface area contributed by atoms with Crippen LogP contribution < -0.4 is 5.32 Å². The minimum absolute atomic E-state index is 0.00277. The molecule has 0 aliphatic rings. The maximum absolute atomic E-state index is 12.8. The third-order valence-corrected chi connectivity index (χ3v) is 12.0. The predicted molar refractivity (Wildman–Crippen MR) is 264 cm³/mol. The van der Waals surface area contributed by atoms with Gasteiger partial charge in [0, 0.05) is 12.8 Å². The summed E-state index contributed by atoms with van der Waals surface area (Å²) in [7, 11) is 0. The molecule has 1 amide bonds. The molecule has 0 saturated heterocycles. The number of amides is 1. The third kappa shape index (κ3) is 45.9. The fourth-order valence-electron chi connectivity index (χ4n) is 7.78. The van der Waals surface area contributed by atoms with E-state index < -0.39 is 18.0 Å². The van der Waals surface area contributed by atoms with Gasteiger partial charge in [0.2, 0.25) is 5.91 Å². The number of ether oxygens (including phenoxy) is 4. The summed E-state index contributed by atoms with van der Waals surface area (Å²) in [6, 6.07) is -0.901. The van der Waals surface area contributed by atoms with E-state index in [0.717, 1.165) is 70.1 Å². The van der Waals surface area contributed by atoms with E-state index in [1.807, 2.05) is 6.92 Å². The maximum atomic E-state index is 12.8. The molecular formula is C54H103NO9. The zero-order chi connectivity index (χ0) is 47.6. The molecule has 0 aliphatic heterocycles. The first-order valence-corrected chi connectivity index (χ1v) is 27.0. The van der Waals surface area contributed by atoms with E-state index in [-0.39, 0.29) is 50.3 Å². The fourth-order valence-corrected chi connectivity index (χ4v) is 7.78. The second-order valence-electron chi connectivity index (χ2n) is 18.4. The Morgan fingerprint density at radius 1 is 0.422 bits per heavy atom. The first-order valence-electron chi connectivity index (χ1n) is 27.0. The van der Waals surface area contributed by atoms with Gasteiger partial charge in [-0.3, -0.25) is 19.2 Å². The Balaban J connectivity index is 0. The Kier molecular flexibility index (Phi) is 50.9. The largest absolute Gasteiger partial charge is 0.468 e. The highest BCUT2D eigenvalue weighted by Crippen LogP contribution is 2.21. The molecule has 0 aliphatic carbocycles. The molecule has 0 rings (SSSR count). The van der Waals surface area contributed by atoms with Crippen LogP contribution in [0, 0.1) is 11.8 Å². The molecule has 0 radical (unpaired) electrons. The summed E-state index contributed by atoms with van der Waals surface area (Å²) in [6.45, 7) is 15.1. The first-order chi connectivity index (χ1) is 31.2. The van der Waals surface area contributed by atoms with Gasteiger partial charge in [-0.15, -0.1) is 0 Å². The van der Waals surface area contributed by atoms with E-state index in [1.54, 1.807) is 0 Å². The first kappa shape index (κ1) is 63.4. The van der Waals surface area contributed by atoms with Crippen LogP contribution >= 0.6 is 0 Å². The van der Waals surface area contributed by atoms with Gasteiger partial charge in [-0.25, -0.2) is 4.79 Å². The topological polar surface area (TPSA) is 134 Å². The highest BCUT2D eigenvalue weighted by atomic mass is 16.5. The van der Waals surface area contributed by atoms with Crippen LogP contribution in [-0.4, -0.2) is 62.8 Å². The summed E-state index contributed by atoms with van der Waals surface area (Å²) in [5, 5.41) is 2.69. The number of carbonyl (C=O) groups excluding carboxylic acids is 5. The summed E-state index contributed by atoms with van der Waals surface area (Å²) in [6.07, 6.45) is 38.5. The quantitative estimate of drug-likeness (QED) is 0.0274. The Hall–Kier alpha value is -2.65. The molecule has 3 unspecified atom stereocenters. The summed E-state index contributed by atoms with van der Waals surface area (Å²) >= 11 is 0. The normalized spacial score (nSPS) is 12.3. The molecule has 64 heavy (non-hydrogen) atoms. The Bertz CT molecular complexity index is 1050. The molecule has 0 fully saturated rings. The standard InChI is InChI=1S/C38H69NO9.C16H34/c1-4-7-9-11-12-18-25-33(24-17-10-8-5-2)37(43)47-30-21-16-15-20-29-46-36(42)27-26-34(39-35(41)23-6-3)38(44)48-31-22-14-13-19-28-45-32-40;1-4-6-8-10-11-13-15-16(3)14-12-9-7-5-2/h32-34H,4-31H2,1-3H3,(H,39,41);16H,4-15H2,1-3H3. The summed E-state index contributed by atoms with van der Waals surface area (Å²) in [5.74, 6) is -0.279. The van der Waals surface area contributed by atoms with Crippen LogP contribution in [0.4, 0.5) is 0 Å². The van der Waals surface area contributed by atoms with Crippen molar-refractivity contribution in [2.75, 3.05) is 26.4 Å². The Morgan fingerprint density at radius 3 is 1.28 bits per heavy atom. The van der Waals surface area contributed by atoms with Gasteiger partial charge in [-0.1, -0.05) is 183 Å². The third-order valence-electron chi connectivity index (χ3n) is 12.0. The molecule has 0 aromatic heterocycles. The van der Waals surface area contributed by atoms with Crippen LogP contribution in [-0.2, 0) is 42.9 Å². The van der Waals surface area contributed by atoms with Crippen molar-refractivity contribution in [3.05, 3.63) is 0 Å². The second kappa shape index (κ2) is 51.3. The Morgan fingerprint density at radius 2 is 0.812 bits per heavy atom. The summed E-state index contributed by atoms with van der Waals surface area (Å²) < 4.78 is 21.0. The monoisotopic (exact) mass is 910 g/mol. The highest BCUT2D eigenvalue weighted by Gasteiger charge is 2.24. The van der Waals surface area contributed by atoms with Gasteiger partial charge in [0.1, 0.15) is 6.04 Å². The van der Waals surface area contributed by atoms with Gasteiger partial charge < -0.3 is 24.3 Å². The van der Waals surface area contributed by atoms with Crippen molar-refractivity contribution in [2.45, 2.75) is 279 Å². The number of hydrogen-bond acceptors (Lipinski definition) is 9. The number of esters is 3. The average molecular weight is 910 g/mol. The molecular weight excluding hydrogens is 807 g/mol. The van der Waals surface area contributed by atoms with E-state index >= 15 is 0 Å². The van der Waals surface area contributed by atoms with Crippen LogP contribution in [0.2, 0.25) is 0 Å². The van der Waals surface area contributed by atoms with Crippen molar-refractivity contribution >= 4 is 30.3 Å². The molecule has 0 aromatic carbocycles. The SMILES string of the molecule is CCCCCCCCC(C)CCCCCC.CCCCCCCCC(CCCCCC)C(=O)OCCCCCCOC(=O)CCC(NC(=O)CCC)C(=O)OCCCCCCOC=O. The van der Waals surface area contributed by atoms with Crippen LogP contribution in [0.5, 0.6) is 0 Å². The van der Waals surface area contributed by atoms with Crippen LogP contribution in [0.3, 0.4) is 0 Å². The number of carbonyl (C=O) groups is 5. The minimum Gasteiger partial charge on any atom is -0.468 e. The molecule has 3 atom stereocenters. The summed E-state index contributed by atoms with van der Waals surface area (Å²) in [4.78, 5) is 60.1.